The second-order valence-corrected chi connectivity index (χ2v) is 3.92. The van der Waals surface area contributed by atoms with E-state index in [1.54, 1.807) is 0 Å². The third-order valence-electron chi connectivity index (χ3n) is 2.26. The molecule has 0 radical (unpaired) electrons. The molecule has 0 fully saturated rings. The van der Waals surface area contributed by atoms with Gasteiger partial charge in [0.05, 0.1) is 0 Å². The largest absolute Gasteiger partial charge is 0.0988 e. The monoisotopic (exact) mass is 190 g/mol. The Hall–Kier alpha value is -1.04. The minimum Gasteiger partial charge on any atom is -0.0988 e. The van der Waals surface area contributed by atoms with E-state index in [0.29, 0.717) is 5.92 Å². The summed E-state index contributed by atoms with van der Waals surface area (Å²) in [5.41, 5.74) is 3.80. The highest BCUT2D eigenvalue weighted by Gasteiger charge is 2.05. The van der Waals surface area contributed by atoms with E-state index < -0.39 is 0 Å². The van der Waals surface area contributed by atoms with E-state index in [4.69, 9.17) is 0 Å². The molecule has 0 rings (SSSR count). The van der Waals surface area contributed by atoms with Crippen molar-refractivity contribution in [2.45, 2.75) is 34.1 Å². The van der Waals surface area contributed by atoms with Crippen LogP contribution < -0.4 is 0 Å². The maximum Gasteiger partial charge on any atom is -0.0205 e. The van der Waals surface area contributed by atoms with Gasteiger partial charge in [0.2, 0.25) is 0 Å². The molecule has 0 aromatic heterocycles. The standard InChI is InChI=1S/C14H22/c1-7-12(6)14(9-3)13(8-2)10-11(4)5/h7-9,11H,1,3,10H2,2,4-6H3/b13-8-,14-12+. The van der Waals surface area contributed by atoms with Crippen LogP contribution in [-0.2, 0) is 0 Å². The first kappa shape index (κ1) is 13.0. The Morgan fingerprint density at radius 1 is 1.21 bits per heavy atom. The highest BCUT2D eigenvalue weighted by molar-refractivity contribution is 5.45. The smallest absolute Gasteiger partial charge is 0.0205 e. The zero-order chi connectivity index (χ0) is 11.1. The van der Waals surface area contributed by atoms with Crippen molar-refractivity contribution in [3.05, 3.63) is 48.1 Å². The fraction of sp³-hybridized carbons (Fsp3) is 0.429. The van der Waals surface area contributed by atoms with Gasteiger partial charge in [0.1, 0.15) is 0 Å². The van der Waals surface area contributed by atoms with Crippen LogP contribution in [0.25, 0.3) is 0 Å². The second kappa shape index (κ2) is 6.42. The Morgan fingerprint density at radius 2 is 1.79 bits per heavy atom. The molecule has 0 aliphatic carbocycles. The van der Waals surface area contributed by atoms with Crippen LogP contribution in [0.15, 0.2) is 48.1 Å². The van der Waals surface area contributed by atoms with Crippen LogP contribution >= 0.6 is 0 Å². The Bertz CT molecular complexity index is 262. The molecular formula is C14H22. The van der Waals surface area contributed by atoms with Gasteiger partial charge in [-0.05, 0) is 42.9 Å². The zero-order valence-corrected chi connectivity index (χ0v) is 9.93. The lowest BCUT2D eigenvalue weighted by molar-refractivity contribution is 0.646. The molecule has 78 valence electrons. The van der Waals surface area contributed by atoms with Crippen molar-refractivity contribution in [1.82, 2.24) is 0 Å². The van der Waals surface area contributed by atoms with Gasteiger partial charge < -0.3 is 0 Å². The zero-order valence-electron chi connectivity index (χ0n) is 9.93. The Labute approximate surface area is 88.7 Å². The van der Waals surface area contributed by atoms with E-state index in [0.717, 1.165) is 6.42 Å². The first-order valence-corrected chi connectivity index (χ1v) is 5.18. The fourth-order valence-corrected chi connectivity index (χ4v) is 1.48. The summed E-state index contributed by atoms with van der Waals surface area (Å²) in [5.74, 6) is 0.675. The predicted octanol–water partition coefficient (Wildman–Crippen LogP) is 4.67. The molecule has 0 atom stereocenters. The van der Waals surface area contributed by atoms with Crippen LogP contribution in [0.5, 0.6) is 0 Å². The fourth-order valence-electron chi connectivity index (χ4n) is 1.48. The quantitative estimate of drug-likeness (QED) is 0.553. The summed E-state index contributed by atoms with van der Waals surface area (Å²) in [6.45, 7) is 16.3. The molecule has 0 amide bonds. The van der Waals surface area contributed by atoms with E-state index in [2.05, 4.69) is 46.9 Å². The first-order chi connectivity index (χ1) is 6.56. The van der Waals surface area contributed by atoms with Crippen LogP contribution in [0.2, 0.25) is 0 Å². The van der Waals surface area contributed by atoms with Gasteiger partial charge in [-0.3, -0.25) is 0 Å². The average molecular weight is 190 g/mol. The Morgan fingerprint density at radius 3 is 2.07 bits per heavy atom. The molecule has 0 aliphatic rings. The summed E-state index contributed by atoms with van der Waals surface area (Å²) < 4.78 is 0. The van der Waals surface area contributed by atoms with Crippen molar-refractivity contribution in [2.24, 2.45) is 5.92 Å². The van der Waals surface area contributed by atoms with Crippen molar-refractivity contribution in [1.29, 1.82) is 0 Å². The summed E-state index contributed by atoms with van der Waals surface area (Å²) in [5, 5.41) is 0. The lowest BCUT2D eigenvalue weighted by Gasteiger charge is -2.12. The van der Waals surface area contributed by atoms with Gasteiger partial charge in [0.25, 0.3) is 0 Å². The molecule has 0 heteroatoms. The van der Waals surface area contributed by atoms with E-state index in [1.807, 2.05) is 12.2 Å². The third kappa shape index (κ3) is 3.78. The van der Waals surface area contributed by atoms with E-state index in [1.165, 1.54) is 16.7 Å². The molecule has 14 heavy (non-hydrogen) atoms. The number of hydrogen-bond acceptors (Lipinski definition) is 0. The predicted molar refractivity (Wildman–Crippen MR) is 66.3 cm³/mol. The van der Waals surface area contributed by atoms with E-state index in [-0.39, 0.29) is 0 Å². The van der Waals surface area contributed by atoms with E-state index >= 15 is 0 Å². The average Bonchev–Trinajstić information content (AvgIpc) is 2.16. The molecule has 0 N–H and O–H groups in total. The number of hydrogen-bond donors (Lipinski definition) is 0. The molecule has 0 saturated heterocycles. The van der Waals surface area contributed by atoms with Gasteiger partial charge >= 0.3 is 0 Å². The van der Waals surface area contributed by atoms with Crippen LogP contribution in [0.3, 0.4) is 0 Å². The maximum absolute atomic E-state index is 3.86. The Balaban J connectivity index is 5.00. The Kier molecular flexibility index (Phi) is 5.94. The molecule has 0 aromatic carbocycles. The van der Waals surface area contributed by atoms with Gasteiger partial charge in [0, 0.05) is 0 Å². The highest BCUT2D eigenvalue weighted by Crippen LogP contribution is 2.23. The van der Waals surface area contributed by atoms with Gasteiger partial charge in [-0.25, -0.2) is 0 Å². The molecule has 0 aromatic rings. The summed E-state index contributed by atoms with van der Waals surface area (Å²) in [6, 6.07) is 0. The molecule has 0 unspecified atom stereocenters. The van der Waals surface area contributed by atoms with Crippen LogP contribution in [-0.4, -0.2) is 0 Å². The highest BCUT2D eigenvalue weighted by atomic mass is 14.1. The molecule has 0 saturated carbocycles. The minimum atomic E-state index is 0.675. The summed E-state index contributed by atoms with van der Waals surface area (Å²) in [4.78, 5) is 0. The van der Waals surface area contributed by atoms with Crippen molar-refractivity contribution < 1.29 is 0 Å². The van der Waals surface area contributed by atoms with Crippen molar-refractivity contribution in [2.75, 3.05) is 0 Å². The third-order valence-corrected chi connectivity index (χ3v) is 2.26. The van der Waals surface area contributed by atoms with Crippen molar-refractivity contribution in [3.63, 3.8) is 0 Å². The van der Waals surface area contributed by atoms with Crippen molar-refractivity contribution in [3.8, 4) is 0 Å². The lowest BCUT2D eigenvalue weighted by Crippen LogP contribution is -1.95. The van der Waals surface area contributed by atoms with Gasteiger partial charge in [0.15, 0.2) is 0 Å². The van der Waals surface area contributed by atoms with Crippen LogP contribution in [0.4, 0.5) is 0 Å². The van der Waals surface area contributed by atoms with Gasteiger partial charge in [-0.15, -0.1) is 0 Å². The molecule has 0 spiro atoms. The first-order valence-electron chi connectivity index (χ1n) is 5.18. The van der Waals surface area contributed by atoms with Gasteiger partial charge in [-0.1, -0.05) is 45.2 Å². The normalized spacial score (nSPS) is 13.9. The molecule has 0 heterocycles. The van der Waals surface area contributed by atoms with Crippen LogP contribution in [0, 0.1) is 5.92 Å². The maximum atomic E-state index is 3.86. The molecule has 0 bridgehead atoms. The lowest BCUT2D eigenvalue weighted by atomic mass is 9.93. The summed E-state index contributed by atoms with van der Waals surface area (Å²) in [6.07, 6.45) is 7.09. The molecule has 0 aliphatic heterocycles. The number of rotatable bonds is 5. The van der Waals surface area contributed by atoms with E-state index in [9.17, 15) is 0 Å². The summed E-state index contributed by atoms with van der Waals surface area (Å²) >= 11 is 0. The topological polar surface area (TPSA) is 0 Å². The van der Waals surface area contributed by atoms with Crippen molar-refractivity contribution >= 4 is 0 Å². The second-order valence-electron chi connectivity index (χ2n) is 3.92. The van der Waals surface area contributed by atoms with Gasteiger partial charge in [-0.2, -0.15) is 0 Å². The number of allylic oxidation sites excluding steroid dienone is 6. The molecule has 0 nitrogen and oxygen atoms in total. The molecular weight excluding hydrogens is 168 g/mol. The SMILES string of the molecule is C=C/C(C)=C(C=C)/C(=C\C)CC(C)C. The minimum absolute atomic E-state index is 0.675. The van der Waals surface area contributed by atoms with Crippen LogP contribution in [0.1, 0.15) is 34.1 Å². The summed E-state index contributed by atoms with van der Waals surface area (Å²) in [7, 11) is 0.